The van der Waals surface area contributed by atoms with Gasteiger partial charge in [0.15, 0.2) is 0 Å². The number of β-lactam (4-membered cyclic amide) rings is 1. The lowest BCUT2D eigenvalue weighted by molar-refractivity contribution is -0.153. The zero-order valence-electron chi connectivity index (χ0n) is 22.6. The first kappa shape index (κ1) is 28.6. The van der Waals surface area contributed by atoms with E-state index in [0.29, 0.717) is 17.1 Å². The topological polar surface area (TPSA) is 111 Å². The van der Waals surface area contributed by atoms with Crippen LogP contribution in [0.1, 0.15) is 18.1 Å². The minimum Gasteiger partial charge on any atom is -0.497 e. The Hall–Kier alpha value is -3.96. The number of amides is 2. The molecule has 1 saturated heterocycles. The van der Waals surface area contributed by atoms with E-state index in [1.165, 1.54) is 16.7 Å². The molecule has 2 aromatic carbocycles. The van der Waals surface area contributed by atoms with Gasteiger partial charge >= 0.3 is 11.9 Å². The van der Waals surface area contributed by atoms with E-state index in [-0.39, 0.29) is 37.1 Å². The summed E-state index contributed by atoms with van der Waals surface area (Å²) in [6.45, 7) is 2.00. The van der Waals surface area contributed by atoms with Gasteiger partial charge in [-0.1, -0.05) is 42.5 Å². The SMILES string of the molecule is CCOC(=O)C1=C[SH](C2=C(C(=O)OCc3ccc(OC)cc3)N3C(=O)C(NC(=O)Cc4ccccc4)C3SC2)C=C1. The van der Waals surface area contributed by atoms with Crippen LogP contribution in [0.4, 0.5) is 0 Å². The van der Waals surface area contributed by atoms with Crippen LogP contribution in [0.15, 0.2) is 87.7 Å². The van der Waals surface area contributed by atoms with Gasteiger partial charge in [-0.2, -0.15) is 10.9 Å². The fraction of sp³-hybridized carbons (Fsp3) is 0.267. The van der Waals surface area contributed by atoms with Crippen LogP contribution in [-0.2, 0) is 41.7 Å². The summed E-state index contributed by atoms with van der Waals surface area (Å²) in [5.41, 5.74) is 2.21. The van der Waals surface area contributed by atoms with Gasteiger partial charge in [0.2, 0.25) is 5.91 Å². The number of ether oxygens (including phenoxy) is 3. The molecule has 11 heteroatoms. The van der Waals surface area contributed by atoms with Gasteiger partial charge in [0.05, 0.1) is 25.7 Å². The summed E-state index contributed by atoms with van der Waals surface area (Å²) >= 11 is 1.48. The highest BCUT2D eigenvalue weighted by Gasteiger charge is 2.54. The fourth-order valence-corrected chi connectivity index (χ4v) is 8.33. The third-order valence-electron chi connectivity index (χ3n) is 6.71. The summed E-state index contributed by atoms with van der Waals surface area (Å²) < 4.78 is 16.0. The number of esters is 2. The van der Waals surface area contributed by atoms with Crippen molar-refractivity contribution in [2.45, 2.75) is 31.4 Å². The van der Waals surface area contributed by atoms with E-state index in [1.54, 1.807) is 49.8 Å². The maximum atomic E-state index is 13.6. The highest BCUT2D eigenvalue weighted by molar-refractivity contribution is 8.26. The van der Waals surface area contributed by atoms with Crippen LogP contribution in [0.25, 0.3) is 0 Å². The molecule has 3 aliphatic rings. The number of rotatable bonds is 10. The molecule has 9 nitrogen and oxygen atoms in total. The monoisotopic (exact) mass is 594 g/mol. The van der Waals surface area contributed by atoms with Crippen molar-refractivity contribution < 1.29 is 33.4 Å². The number of benzene rings is 2. The fourth-order valence-electron chi connectivity index (χ4n) is 4.63. The van der Waals surface area contributed by atoms with Gasteiger partial charge in [-0.05, 0) is 47.1 Å². The van der Waals surface area contributed by atoms with Gasteiger partial charge in [0.1, 0.15) is 29.5 Å². The third-order valence-corrected chi connectivity index (χ3v) is 10.2. The molecule has 3 unspecified atom stereocenters. The van der Waals surface area contributed by atoms with Crippen molar-refractivity contribution in [1.29, 1.82) is 0 Å². The van der Waals surface area contributed by atoms with E-state index in [9.17, 15) is 19.2 Å². The van der Waals surface area contributed by atoms with Crippen molar-refractivity contribution in [2.24, 2.45) is 0 Å². The summed E-state index contributed by atoms with van der Waals surface area (Å²) in [7, 11) is 0.405. The number of fused-ring (bicyclic) bond motifs is 1. The molecule has 1 N–H and O–H groups in total. The largest absolute Gasteiger partial charge is 0.497 e. The molecule has 0 spiro atoms. The Labute approximate surface area is 244 Å². The van der Waals surface area contributed by atoms with Crippen molar-refractivity contribution >= 4 is 46.4 Å². The molecule has 2 amide bonds. The normalized spacial score (nSPS) is 21.9. The van der Waals surface area contributed by atoms with Crippen LogP contribution in [-0.4, -0.2) is 59.5 Å². The van der Waals surface area contributed by atoms with Gasteiger partial charge in [-0.3, -0.25) is 14.5 Å². The molecular formula is C30H30N2O7S2. The molecule has 0 aromatic heterocycles. The first-order chi connectivity index (χ1) is 19.9. The predicted octanol–water partition coefficient (Wildman–Crippen LogP) is 3.57. The number of thioether (sulfide) groups is 1. The Morgan fingerprint density at radius 2 is 1.78 bits per heavy atom. The second kappa shape index (κ2) is 12.7. The summed E-state index contributed by atoms with van der Waals surface area (Å²) in [6.07, 6.45) is 1.84. The minimum absolute atomic E-state index is 0.00830. The average molecular weight is 595 g/mol. The van der Waals surface area contributed by atoms with Crippen LogP contribution in [0.3, 0.4) is 0 Å². The Bertz CT molecular complexity index is 1440. The standard InChI is InChI=1S/C30H30N2O7S2/c1-3-38-29(35)21-13-14-41(18-21)23-17-40-28-25(31-24(33)15-19-7-5-4-6-8-19)27(34)32(28)26(23)30(36)39-16-20-9-11-22(37-2)12-10-20/h4-14,18,25,28,41H,3,15-17H2,1-2H3,(H,31,33). The summed E-state index contributed by atoms with van der Waals surface area (Å²) in [6, 6.07) is 15.7. The lowest BCUT2D eigenvalue weighted by Gasteiger charge is -2.50. The number of hydrogen-bond acceptors (Lipinski definition) is 8. The first-order valence-electron chi connectivity index (χ1n) is 13.1. The summed E-state index contributed by atoms with van der Waals surface area (Å²) in [5.74, 6) is -0.569. The van der Waals surface area contributed by atoms with Crippen LogP contribution in [0, 0.1) is 0 Å². The van der Waals surface area contributed by atoms with Crippen molar-refractivity contribution in [2.75, 3.05) is 19.5 Å². The summed E-state index contributed by atoms with van der Waals surface area (Å²) in [5, 5.41) is 6.07. The molecule has 214 valence electrons. The predicted molar refractivity (Wildman–Crippen MR) is 158 cm³/mol. The van der Waals surface area contributed by atoms with Crippen LogP contribution in [0.5, 0.6) is 5.75 Å². The summed E-state index contributed by atoms with van der Waals surface area (Å²) in [4.78, 5) is 54.1. The number of nitrogens with zero attached hydrogens (tertiary/aromatic N) is 1. The highest BCUT2D eigenvalue weighted by Crippen LogP contribution is 2.52. The maximum absolute atomic E-state index is 13.6. The zero-order valence-corrected chi connectivity index (χ0v) is 24.3. The van der Waals surface area contributed by atoms with E-state index >= 15 is 0 Å². The van der Waals surface area contributed by atoms with Crippen molar-refractivity contribution in [3.63, 3.8) is 0 Å². The van der Waals surface area contributed by atoms with Crippen molar-refractivity contribution in [1.82, 2.24) is 10.2 Å². The Kier molecular flexibility index (Phi) is 8.84. The first-order valence-corrected chi connectivity index (χ1v) is 15.6. The van der Waals surface area contributed by atoms with Gasteiger partial charge in [-0.15, -0.1) is 11.8 Å². The molecule has 0 radical (unpaired) electrons. The average Bonchev–Trinajstić information content (AvgIpc) is 3.49. The third kappa shape index (κ3) is 6.20. The van der Waals surface area contributed by atoms with E-state index in [4.69, 9.17) is 14.2 Å². The Balaban J connectivity index is 1.36. The zero-order chi connectivity index (χ0) is 28.9. The molecule has 0 aliphatic carbocycles. The second-order valence-corrected chi connectivity index (χ2v) is 12.4. The van der Waals surface area contributed by atoms with Crippen LogP contribution >= 0.6 is 22.7 Å². The minimum atomic E-state index is -1.17. The van der Waals surface area contributed by atoms with Crippen molar-refractivity contribution in [3.8, 4) is 5.75 Å². The van der Waals surface area contributed by atoms with Gasteiger partial charge in [0.25, 0.3) is 5.91 Å². The molecule has 1 fully saturated rings. The number of methoxy groups -OCH3 is 1. The van der Waals surface area contributed by atoms with Crippen LogP contribution < -0.4 is 10.1 Å². The smallest absolute Gasteiger partial charge is 0.356 e. The van der Waals surface area contributed by atoms with E-state index in [2.05, 4.69) is 5.32 Å². The molecule has 3 heterocycles. The lowest BCUT2D eigenvalue weighted by atomic mass is 10.0. The number of nitrogens with one attached hydrogen (secondary N) is 1. The molecular weight excluding hydrogens is 564 g/mol. The molecule has 0 saturated carbocycles. The van der Waals surface area contributed by atoms with Gasteiger partial charge in [-0.25, -0.2) is 9.59 Å². The molecule has 41 heavy (non-hydrogen) atoms. The van der Waals surface area contributed by atoms with Gasteiger partial charge < -0.3 is 19.5 Å². The molecule has 2 aromatic rings. The quantitative estimate of drug-likeness (QED) is 0.244. The molecule has 3 aliphatic heterocycles. The van der Waals surface area contributed by atoms with E-state index in [1.807, 2.05) is 35.7 Å². The van der Waals surface area contributed by atoms with Crippen LogP contribution in [0.2, 0.25) is 0 Å². The number of carbonyl (C=O) groups excluding carboxylic acids is 4. The van der Waals surface area contributed by atoms with Gasteiger partial charge in [0, 0.05) is 10.7 Å². The van der Waals surface area contributed by atoms with Crippen molar-refractivity contribution in [3.05, 3.63) is 98.8 Å². The highest BCUT2D eigenvalue weighted by atomic mass is 32.2. The second-order valence-electron chi connectivity index (χ2n) is 9.36. The molecule has 3 atom stereocenters. The molecule has 5 rings (SSSR count). The number of thiol groups is 1. The number of carbonyl (C=O) groups is 4. The number of hydrogen-bond donors (Lipinski definition) is 2. The van der Waals surface area contributed by atoms with E-state index in [0.717, 1.165) is 16.0 Å². The van der Waals surface area contributed by atoms with E-state index < -0.39 is 34.2 Å². The maximum Gasteiger partial charge on any atom is 0.356 e. The molecule has 0 bridgehead atoms. The Morgan fingerprint density at radius 1 is 1.02 bits per heavy atom. The Morgan fingerprint density at radius 3 is 2.49 bits per heavy atom. The lowest BCUT2D eigenvalue weighted by Crippen LogP contribution is -2.70.